The van der Waals surface area contributed by atoms with Crippen molar-refractivity contribution < 1.29 is 4.42 Å². The van der Waals surface area contributed by atoms with Crippen molar-refractivity contribution in [2.24, 2.45) is 0 Å². The molecule has 3 aliphatic rings. The number of hydrogen-bond acceptors (Lipinski definition) is 2. The van der Waals surface area contributed by atoms with Crippen molar-refractivity contribution in [3.8, 4) is 50.2 Å². The summed E-state index contributed by atoms with van der Waals surface area (Å²) in [6.07, 6.45) is 0. The molecule has 0 unspecified atom stereocenters. The summed E-state index contributed by atoms with van der Waals surface area (Å²) in [4.78, 5) is 2.62. The van der Waals surface area contributed by atoms with Crippen LogP contribution in [0.25, 0.3) is 126 Å². The highest BCUT2D eigenvalue weighted by atomic mass is 16.3. The van der Waals surface area contributed by atoms with Gasteiger partial charge in [0.25, 0.3) is 0 Å². The fourth-order valence-electron chi connectivity index (χ4n) is 17.8. The predicted molar refractivity (Wildman–Crippen MR) is 394 cm³/mol. The average Bonchev–Trinajstić information content (AvgIpc) is 1.52. The molecule has 1 spiro atoms. The number of benzene rings is 16. The second-order valence-electron chi connectivity index (χ2n) is 26.1. The van der Waals surface area contributed by atoms with E-state index in [-0.39, 0.29) is 0 Å². The summed E-state index contributed by atoms with van der Waals surface area (Å²) in [6, 6.07) is 128. The minimum atomic E-state index is -0.741. The summed E-state index contributed by atoms with van der Waals surface area (Å²) in [5, 5.41) is 12.0. The third-order valence-corrected chi connectivity index (χ3v) is 21.7. The van der Waals surface area contributed by atoms with E-state index in [1.165, 1.54) is 121 Å². The fraction of sp³-hybridized carbons (Fsp3) is 0.0217. The van der Waals surface area contributed by atoms with Crippen LogP contribution in [0.1, 0.15) is 44.5 Å². The normalized spacial score (nSPS) is 13.6. The molecule has 3 heteroatoms. The van der Waals surface area contributed by atoms with Gasteiger partial charge >= 0.3 is 0 Å². The minimum absolute atomic E-state index is 0.533. The van der Waals surface area contributed by atoms with Crippen LogP contribution in [0.2, 0.25) is 0 Å². The average molecular weight is 1210 g/mol. The molecule has 16 aromatic carbocycles. The van der Waals surface area contributed by atoms with Crippen LogP contribution in [0.3, 0.4) is 0 Å². The molecule has 2 heterocycles. The van der Waals surface area contributed by atoms with Gasteiger partial charge in [-0.3, -0.25) is 0 Å². The summed E-state index contributed by atoms with van der Waals surface area (Å²) < 4.78 is 8.81. The van der Waals surface area contributed by atoms with Gasteiger partial charge in [-0.15, -0.1) is 0 Å². The van der Waals surface area contributed by atoms with Gasteiger partial charge in [0.15, 0.2) is 0 Å². The molecule has 18 aromatic rings. The molecule has 3 aliphatic carbocycles. The van der Waals surface area contributed by atoms with E-state index >= 15 is 0 Å². The molecule has 0 aliphatic heterocycles. The Hall–Kier alpha value is -12.3. The molecule has 0 saturated carbocycles. The lowest BCUT2D eigenvalue weighted by Gasteiger charge is -2.35. The third-order valence-electron chi connectivity index (χ3n) is 21.7. The standard InChI is InChI=1S/C92H56N2O/c1-3-22-60(23-4-1)91(61-24-5-2-6-25-61)82-53-58(59-43-48-74-72-29-12-17-37-84(72)94(87(74)54-59)62-45-52-89-77(55-62)75-30-13-18-40-88(75)95-89)42-47-70(82)71-49-44-63(56-83(71)91)93(85-38-19-32-65-67-46-41-57-21-7-8-26-64(57)66(67)50-51-73(65)85)86-39-20-36-81-90(86)76-31-11-16-35-80(76)92(81)78-33-14-9-27-68(78)69-28-10-15-34-79(69)92/h1-56H. The van der Waals surface area contributed by atoms with Crippen molar-refractivity contribution in [1.29, 1.82) is 0 Å². The third kappa shape index (κ3) is 7.03. The largest absolute Gasteiger partial charge is 0.456 e. The lowest BCUT2D eigenvalue weighted by atomic mass is 9.67. The van der Waals surface area contributed by atoms with Gasteiger partial charge in [0, 0.05) is 43.9 Å². The summed E-state index contributed by atoms with van der Waals surface area (Å²) in [7, 11) is 0. The zero-order valence-corrected chi connectivity index (χ0v) is 51.6. The Bertz CT molecular complexity index is 6220. The summed E-state index contributed by atoms with van der Waals surface area (Å²) in [6.45, 7) is 0. The van der Waals surface area contributed by atoms with E-state index in [1.807, 2.05) is 6.07 Å². The molecular weight excluding hydrogens is 1150 g/mol. The van der Waals surface area contributed by atoms with Crippen molar-refractivity contribution in [2.75, 3.05) is 4.90 Å². The summed E-state index contributed by atoms with van der Waals surface area (Å²) in [5.41, 5.74) is 27.3. The van der Waals surface area contributed by atoms with E-state index < -0.39 is 10.8 Å². The quantitative estimate of drug-likeness (QED) is 0.148. The van der Waals surface area contributed by atoms with Crippen LogP contribution in [0.4, 0.5) is 17.1 Å². The van der Waals surface area contributed by atoms with Crippen molar-refractivity contribution in [1.82, 2.24) is 4.57 Å². The molecule has 0 fully saturated rings. The Morgan fingerprint density at radius 2 is 0.779 bits per heavy atom. The van der Waals surface area contributed by atoms with E-state index in [0.717, 1.165) is 66.8 Å². The first-order valence-corrected chi connectivity index (χ1v) is 33.0. The maximum Gasteiger partial charge on any atom is 0.135 e. The van der Waals surface area contributed by atoms with Crippen LogP contribution in [-0.2, 0) is 10.8 Å². The second-order valence-corrected chi connectivity index (χ2v) is 26.1. The highest BCUT2D eigenvalue weighted by Gasteiger charge is 2.53. The lowest BCUT2D eigenvalue weighted by molar-refractivity contribution is 0.669. The summed E-state index contributed by atoms with van der Waals surface area (Å²) in [5.74, 6) is 0. The predicted octanol–water partition coefficient (Wildman–Crippen LogP) is 24.0. The van der Waals surface area contributed by atoms with Crippen LogP contribution in [0, 0.1) is 0 Å². The van der Waals surface area contributed by atoms with Crippen LogP contribution < -0.4 is 4.90 Å². The Kier molecular flexibility index (Phi) is 10.8. The smallest absolute Gasteiger partial charge is 0.135 e. The van der Waals surface area contributed by atoms with Gasteiger partial charge in [-0.05, 0) is 177 Å². The van der Waals surface area contributed by atoms with Crippen LogP contribution in [0.5, 0.6) is 0 Å². The molecule has 0 atom stereocenters. The molecular formula is C92H56N2O. The maximum absolute atomic E-state index is 6.37. The van der Waals surface area contributed by atoms with Gasteiger partial charge in [-0.1, -0.05) is 273 Å². The number of fused-ring (bicyclic) bond motifs is 24. The van der Waals surface area contributed by atoms with Gasteiger partial charge in [-0.25, -0.2) is 0 Å². The lowest BCUT2D eigenvalue weighted by Crippen LogP contribution is -2.29. The SMILES string of the molecule is c1ccc(C2(c3ccccc3)c3cc(-c4ccc5c6ccccc6n(-c6ccc7oc8ccccc8c7c6)c5c4)ccc3-c3ccc(N(c4cccc5c4-c4ccccc4C54c5ccccc5-c5ccccc54)c4cccc5c4ccc4c6ccccc6ccc54)cc32)cc1. The monoisotopic (exact) mass is 1200 g/mol. The Balaban J connectivity index is 0.812. The molecule has 0 N–H and O–H groups in total. The minimum Gasteiger partial charge on any atom is -0.456 e. The molecule has 2 aromatic heterocycles. The topological polar surface area (TPSA) is 21.3 Å². The zero-order chi connectivity index (χ0) is 62.1. The maximum atomic E-state index is 6.37. The number of aromatic nitrogens is 1. The molecule has 0 radical (unpaired) electrons. The first-order chi connectivity index (χ1) is 47.1. The fourth-order valence-corrected chi connectivity index (χ4v) is 17.8. The van der Waals surface area contributed by atoms with Crippen molar-refractivity contribution in [3.05, 3.63) is 384 Å². The first-order valence-electron chi connectivity index (χ1n) is 33.0. The van der Waals surface area contributed by atoms with Crippen molar-refractivity contribution in [3.63, 3.8) is 0 Å². The van der Waals surface area contributed by atoms with E-state index in [4.69, 9.17) is 4.42 Å². The number of hydrogen-bond donors (Lipinski definition) is 0. The highest BCUT2D eigenvalue weighted by Crippen LogP contribution is 2.66. The Morgan fingerprint density at radius 1 is 0.263 bits per heavy atom. The molecule has 0 saturated heterocycles. The number of para-hydroxylation sites is 2. The Labute approximate surface area is 548 Å². The highest BCUT2D eigenvalue weighted by molar-refractivity contribution is 6.20. The van der Waals surface area contributed by atoms with Crippen molar-refractivity contribution in [2.45, 2.75) is 10.8 Å². The molecule has 440 valence electrons. The van der Waals surface area contributed by atoms with Crippen LogP contribution >= 0.6 is 0 Å². The second kappa shape index (κ2) is 19.6. The van der Waals surface area contributed by atoms with E-state index in [1.54, 1.807) is 0 Å². The number of rotatable bonds is 7. The van der Waals surface area contributed by atoms with Gasteiger partial charge in [0.1, 0.15) is 11.2 Å². The molecule has 0 amide bonds. The van der Waals surface area contributed by atoms with Gasteiger partial charge in [0.2, 0.25) is 0 Å². The molecule has 3 nitrogen and oxygen atoms in total. The van der Waals surface area contributed by atoms with Crippen molar-refractivity contribution >= 4 is 93.1 Å². The van der Waals surface area contributed by atoms with Crippen LogP contribution in [-0.4, -0.2) is 4.57 Å². The first kappa shape index (κ1) is 52.3. The van der Waals surface area contributed by atoms with Gasteiger partial charge in [-0.2, -0.15) is 0 Å². The van der Waals surface area contributed by atoms with E-state index in [9.17, 15) is 0 Å². The molecule has 21 rings (SSSR count). The molecule has 95 heavy (non-hydrogen) atoms. The number of furan rings is 1. The molecule has 0 bridgehead atoms. The number of nitrogens with zero attached hydrogens (tertiary/aromatic N) is 2. The summed E-state index contributed by atoms with van der Waals surface area (Å²) >= 11 is 0. The van der Waals surface area contributed by atoms with E-state index in [2.05, 4.69) is 343 Å². The number of anilines is 3. The van der Waals surface area contributed by atoms with E-state index in [0.29, 0.717) is 0 Å². The van der Waals surface area contributed by atoms with Crippen LogP contribution in [0.15, 0.2) is 344 Å². The van der Waals surface area contributed by atoms with Gasteiger partial charge in [0.05, 0.1) is 33.2 Å². The Morgan fingerprint density at radius 3 is 1.57 bits per heavy atom. The van der Waals surface area contributed by atoms with Gasteiger partial charge < -0.3 is 13.9 Å². The zero-order valence-electron chi connectivity index (χ0n) is 51.6.